The number of carbonyl (C=O) groups excluding carboxylic acids is 1. The normalized spacial score (nSPS) is 20.0. The zero-order valence-electron chi connectivity index (χ0n) is 20.7. The summed E-state index contributed by atoms with van der Waals surface area (Å²) in [7, 11) is 1.69. The molecule has 176 valence electrons. The Morgan fingerprint density at radius 1 is 1.00 bits per heavy atom. The van der Waals surface area contributed by atoms with Crippen molar-refractivity contribution in [3.05, 3.63) is 29.3 Å². The summed E-state index contributed by atoms with van der Waals surface area (Å²) in [6.45, 7) is 15.2. The molecular weight excluding hydrogens is 422 g/mol. The maximum atomic E-state index is 12.2. The van der Waals surface area contributed by atoms with E-state index in [0.29, 0.717) is 29.4 Å². The number of rotatable bonds is 9. The van der Waals surface area contributed by atoms with Crippen molar-refractivity contribution < 1.29 is 9.53 Å². The van der Waals surface area contributed by atoms with Crippen molar-refractivity contribution in [1.29, 1.82) is 0 Å². The van der Waals surface area contributed by atoms with Gasteiger partial charge in [-0.15, -0.1) is 23.5 Å². The van der Waals surface area contributed by atoms with E-state index in [-0.39, 0.29) is 16.7 Å². The minimum absolute atomic E-state index is 0.137. The van der Waals surface area contributed by atoms with Gasteiger partial charge in [0.2, 0.25) is 5.91 Å². The molecule has 1 aliphatic carbocycles. The molecule has 1 saturated carbocycles. The summed E-state index contributed by atoms with van der Waals surface area (Å²) in [5.74, 6) is 0.712. The molecule has 0 heterocycles. The lowest BCUT2D eigenvalue weighted by Crippen LogP contribution is -2.30. The van der Waals surface area contributed by atoms with E-state index in [1.54, 1.807) is 7.11 Å². The van der Waals surface area contributed by atoms with Gasteiger partial charge >= 0.3 is 0 Å². The molecule has 1 fully saturated rings. The van der Waals surface area contributed by atoms with E-state index >= 15 is 0 Å². The highest BCUT2D eigenvalue weighted by atomic mass is 32.2. The fourth-order valence-electron chi connectivity index (χ4n) is 3.77. The minimum atomic E-state index is 0.137. The fraction of sp³-hybridized carbons (Fsp3) is 0.731. The maximum absolute atomic E-state index is 12.2. The summed E-state index contributed by atoms with van der Waals surface area (Å²) in [5.41, 5.74) is 3.10. The minimum Gasteiger partial charge on any atom is -0.385 e. The van der Waals surface area contributed by atoms with E-state index in [9.17, 15) is 4.79 Å². The van der Waals surface area contributed by atoms with Crippen LogP contribution in [0.15, 0.2) is 23.1 Å². The first-order chi connectivity index (χ1) is 14.5. The molecule has 1 aromatic rings. The highest BCUT2D eigenvalue weighted by molar-refractivity contribution is 8.04. The third-order valence-corrected chi connectivity index (χ3v) is 8.81. The van der Waals surface area contributed by atoms with Gasteiger partial charge in [-0.25, -0.2) is 0 Å². The van der Waals surface area contributed by atoms with Crippen LogP contribution in [-0.4, -0.2) is 42.4 Å². The highest BCUT2D eigenvalue weighted by Crippen LogP contribution is 2.41. The first kappa shape index (κ1) is 26.6. The summed E-state index contributed by atoms with van der Waals surface area (Å²) < 4.78 is 5.05. The molecule has 0 unspecified atom stereocenters. The van der Waals surface area contributed by atoms with Gasteiger partial charge in [0.15, 0.2) is 0 Å². The molecule has 0 bridgehead atoms. The van der Waals surface area contributed by atoms with Crippen LogP contribution >= 0.6 is 23.5 Å². The van der Waals surface area contributed by atoms with Crippen LogP contribution in [0.4, 0.5) is 0 Å². The second-order valence-electron chi connectivity index (χ2n) is 10.7. The number of hydrogen-bond donors (Lipinski definition) is 1. The number of ether oxygens (including phenoxy) is 1. The van der Waals surface area contributed by atoms with Crippen LogP contribution in [0.25, 0.3) is 0 Å². The lowest BCUT2D eigenvalue weighted by Gasteiger charge is -2.32. The molecular formula is C26H43NO2S2. The third-order valence-electron chi connectivity index (χ3n) is 5.84. The average Bonchev–Trinajstić information content (AvgIpc) is 2.69. The second kappa shape index (κ2) is 12.0. The van der Waals surface area contributed by atoms with Crippen molar-refractivity contribution >= 4 is 29.4 Å². The van der Waals surface area contributed by atoms with Gasteiger partial charge in [0.25, 0.3) is 0 Å². The van der Waals surface area contributed by atoms with Crippen molar-refractivity contribution in [3.8, 4) is 0 Å². The van der Waals surface area contributed by atoms with E-state index < -0.39 is 0 Å². The predicted octanol–water partition coefficient (Wildman–Crippen LogP) is 6.57. The monoisotopic (exact) mass is 465 g/mol. The number of amides is 1. The van der Waals surface area contributed by atoms with Crippen LogP contribution in [0.1, 0.15) is 84.8 Å². The number of nitrogens with one attached hydrogen (secondary N) is 1. The standard InChI is InChI=1S/C26H43NO2S2/c1-25(2,3)19-15-20(26(4,5)6)17-21(16-19)31-23-12-9-8-11-22(23)30-18-24(28)27-13-10-14-29-7/h15-17,22-23H,8-14,18H2,1-7H3,(H,27,28)/t22-,23-/m1/s1. The highest BCUT2D eigenvalue weighted by Gasteiger charge is 2.28. The molecule has 2 rings (SSSR count). The third kappa shape index (κ3) is 9.01. The maximum Gasteiger partial charge on any atom is 0.230 e. The van der Waals surface area contributed by atoms with Crippen LogP contribution in [0.5, 0.6) is 0 Å². The van der Waals surface area contributed by atoms with Gasteiger partial charge in [0.1, 0.15) is 0 Å². The topological polar surface area (TPSA) is 38.3 Å². The Kier molecular flexibility index (Phi) is 10.3. The summed E-state index contributed by atoms with van der Waals surface area (Å²) in [4.78, 5) is 13.6. The first-order valence-corrected chi connectivity index (χ1v) is 13.6. The molecule has 0 aromatic heterocycles. The van der Waals surface area contributed by atoms with Crippen LogP contribution in [-0.2, 0) is 20.4 Å². The van der Waals surface area contributed by atoms with Crippen LogP contribution < -0.4 is 5.32 Å². The zero-order valence-corrected chi connectivity index (χ0v) is 22.3. The van der Waals surface area contributed by atoms with E-state index in [1.165, 1.54) is 41.7 Å². The Balaban J connectivity index is 2.06. The summed E-state index contributed by atoms with van der Waals surface area (Å²) >= 11 is 3.89. The molecule has 0 radical (unpaired) electrons. The molecule has 5 heteroatoms. The smallest absolute Gasteiger partial charge is 0.230 e. The molecule has 2 atom stereocenters. The molecule has 1 amide bonds. The summed E-state index contributed by atoms with van der Waals surface area (Å²) in [5, 5.41) is 4.14. The van der Waals surface area contributed by atoms with E-state index in [0.717, 1.165) is 6.42 Å². The second-order valence-corrected chi connectivity index (χ2v) is 13.3. The van der Waals surface area contributed by atoms with Gasteiger partial charge in [-0.05, 0) is 53.4 Å². The molecule has 1 aromatic carbocycles. The number of hydrogen-bond acceptors (Lipinski definition) is 4. The number of benzene rings is 1. The van der Waals surface area contributed by atoms with E-state index in [1.807, 2.05) is 23.5 Å². The Morgan fingerprint density at radius 3 is 2.13 bits per heavy atom. The van der Waals surface area contributed by atoms with Gasteiger partial charge in [0.05, 0.1) is 5.75 Å². The van der Waals surface area contributed by atoms with Crippen LogP contribution in [0, 0.1) is 0 Å². The van der Waals surface area contributed by atoms with Gasteiger partial charge in [-0.2, -0.15) is 0 Å². The quantitative estimate of drug-likeness (QED) is 0.419. The molecule has 0 aliphatic heterocycles. The van der Waals surface area contributed by atoms with Gasteiger partial charge in [-0.1, -0.05) is 60.5 Å². The Labute approximate surface area is 199 Å². The molecule has 1 aliphatic rings. The van der Waals surface area contributed by atoms with Crippen molar-refractivity contribution in [1.82, 2.24) is 5.32 Å². The van der Waals surface area contributed by atoms with Crippen molar-refractivity contribution in [2.24, 2.45) is 0 Å². The molecule has 31 heavy (non-hydrogen) atoms. The number of methoxy groups -OCH3 is 1. The van der Waals surface area contributed by atoms with E-state index in [4.69, 9.17) is 4.74 Å². The Morgan fingerprint density at radius 2 is 1.58 bits per heavy atom. The van der Waals surface area contributed by atoms with Crippen molar-refractivity contribution in [3.63, 3.8) is 0 Å². The molecule has 0 spiro atoms. The molecule has 0 saturated heterocycles. The Bertz CT molecular complexity index is 674. The fourth-order valence-corrected chi connectivity index (χ4v) is 6.64. The van der Waals surface area contributed by atoms with Crippen molar-refractivity contribution in [2.45, 2.75) is 99.9 Å². The molecule has 3 nitrogen and oxygen atoms in total. The lowest BCUT2D eigenvalue weighted by molar-refractivity contribution is -0.118. The predicted molar refractivity (Wildman–Crippen MR) is 138 cm³/mol. The van der Waals surface area contributed by atoms with Crippen LogP contribution in [0.3, 0.4) is 0 Å². The van der Waals surface area contributed by atoms with Gasteiger partial charge < -0.3 is 10.1 Å². The SMILES string of the molecule is COCCCNC(=O)CS[C@@H]1CCCC[C@H]1Sc1cc(C(C)(C)C)cc(C(C)(C)C)c1. The van der Waals surface area contributed by atoms with Gasteiger partial charge in [-0.3, -0.25) is 4.79 Å². The first-order valence-electron chi connectivity index (χ1n) is 11.7. The lowest BCUT2D eigenvalue weighted by atomic mass is 9.81. The molecule has 1 N–H and O–H groups in total. The summed E-state index contributed by atoms with van der Waals surface area (Å²) in [6.07, 6.45) is 5.89. The average molecular weight is 466 g/mol. The largest absolute Gasteiger partial charge is 0.385 e. The number of carbonyl (C=O) groups is 1. The van der Waals surface area contributed by atoms with Gasteiger partial charge in [0, 0.05) is 35.7 Å². The number of thioether (sulfide) groups is 2. The zero-order chi connectivity index (χ0) is 23.1. The van der Waals surface area contributed by atoms with E-state index in [2.05, 4.69) is 65.1 Å². The Hall–Kier alpha value is -0.650. The van der Waals surface area contributed by atoms with Crippen molar-refractivity contribution in [2.75, 3.05) is 26.0 Å². The summed E-state index contributed by atoms with van der Waals surface area (Å²) in [6, 6.07) is 7.20. The van der Waals surface area contributed by atoms with Crippen LogP contribution in [0.2, 0.25) is 0 Å².